The van der Waals surface area contributed by atoms with E-state index in [-0.39, 0.29) is 9.92 Å². The Morgan fingerprint density at radius 3 is 2.29 bits per heavy atom. The van der Waals surface area contributed by atoms with E-state index < -0.39 is 10.0 Å². The van der Waals surface area contributed by atoms with Crippen LogP contribution in [-0.4, -0.2) is 39.5 Å². The maximum absolute atomic E-state index is 12.5. The normalized spacial score (nSPS) is 12.1. The first-order chi connectivity index (χ1) is 9.74. The molecule has 0 aromatic heterocycles. The summed E-state index contributed by atoms with van der Waals surface area (Å²) in [5.74, 6) is 0. The second-order valence-corrected chi connectivity index (χ2v) is 7.36. The highest BCUT2D eigenvalue weighted by Crippen LogP contribution is 2.33. The third-order valence-corrected chi connectivity index (χ3v) is 6.09. The minimum absolute atomic E-state index is 0.0775. The highest BCUT2D eigenvalue weighted by molar-refractivity contribution is 7.89. The molecule has 1 rings (SSSR count). The van der Waals surface area contributed by atoms with Crippen molar-refractivity contribution in [3.05, 3.63) is 27.2 Å². The van der Waals surface area contributed by atoms with E-state index in [2.05, 4.69) is 9.62 Å². The summed E-state index contributed by atoms with van der Waals surface area (Å²) in [6, 6.07) is 1.67. The van der Waals surface area contributed by atoms with Gasteiger partial charge in [-0.05, 0) is 44.1 Å². The van der Waals surface area contributed by atoms with Gasteiger partial charge in [-0.25, -0.2) is 13.1 Å². The minimum atomic E-state index is -3.67. The lowest BCUT2D eigenvalue weighted by molar-refractivity contribution is 0.309. The molecule has 0 unspecified atom stereocenters. The van der Waals surface area contributed by atoms with Gasteiger partial charge in [-0.1, -0.05) is 37.0 Å². The van der Waals surface area contributed by atoms with Crippen LogP contribution >= 0.6 is 23.2 Å². The molecule has 0 fully saturated rings. The fourth-order valence-electron chi connectivity index (χ4n) is 2.08. The van der Waals surface area contributed by atoms with E-state index in [4.69, 9.17) is 23.2 Å². The Balaban J connectivity index is 2.99. The van der Waals surface area contributed by atoms with Crippen molar-refractivity contribution in [2.24, 2.45) is 0 Å². The van der Waals surface area contributed by atoms with Gasteiger partial charge in [0.15, 0.2) is 0 Å². The van der Waals surface area contributed by atoms with Gasteiger partial charge in [0.25, 0.3) is 0 Å². The Morgan fingerprint density at radius 2 is 1.76 bits per heavy atom. The van der Waals surface area contributed by atoms with Gasteiger partial charge in [-0.15, -0.1) is 0 Å². The first-order valence-electron chi connectivity index (χ1n) is 6.91. The molecule has 0 radical (unpaired) electrons. The average Bonchev–Trinajstić information content (AvgIpc) is 2.41. The third kappa shape index (κ3) is 4.57. The van der Waals surface area contributed by atoms with Crippen LogP contribution in [0, 0.1) is 13.8 Å². The monoisotopic (exact) mass is 352 g/mol. The summed E-state index contributed by atoms with van der Waals surface area (Å²) >= 11 is 12.2. The lowest BCUT2D eigenvalue weighted by Crippen LogP contribution is -2.35. The Morgan fingerprint density at radius 1 is 1.19 bits per heavy atom. The van der Waals surface area contributed by atoms with Crippen LogP contribution in [0.2, 0.25) is 10.0 Å². The molecule has 120 valence electrons. The number of likely N-dealkylation sites (N-methyl/N-ethyl adjacent to an activating group) is 1. The summed E-state index contributed by atoms with van der Waals surface area (Å²) in [5, 5.41) is 0.633. The second-order valence-electron chi connectivity index (χ2n) is 4.87. The smallest absolute Gasteiger partial charge is 0.242 e. The highest BCUT2D eigenvalue weighted by Gasteiger charge is 2.23. The SMILES string of the molecule is CCN(CC)CCNS(=O)(=O)c1c(C)c(Cl)cc(C)c1Cl. The average molecular weight is 353 g/mol. The van der Waals surface area contributed by atoms with Crippen LogP contribution in [0.4, 0.5) is 0 Å². The molecule has 0 bridgehead atoms. The van der Waals surface area contributed by atoms with Crippen molar-refractivity contribution in [1.82, 2.24) is 9.62 Å². The van der Waals surface area contributed by atoms with Crippen molar-refractivity contribution in [1.29, 1.82) is 0 Å². The zero-order chi connectivity index (χ0) is 16.2. The third-order valence-electron chi connectivity index (χ3n) is 3.47. The largest absolute Gasteiger partial charge is 0.303 e. The molecule has 21 heavy (non-hydrogen) atoms. The van der Waals surface area contributed by atoms with E-state index in [1.165, 1.54) is 0 Å². The molecular weight excluding hydrogens is 331 g/mol. The summed E-state index contributed by atoms with van der Waals surface area (Å²) in [7, 11) is -3.67. The van der Waals surface area contributed by atoms with Gasteiger partial charge in [-0.2, -0.15) is 0 Å². The number of nitrogens with zero attached hydrogens (tertiary/aromatic N) is 1. The molecule has 1 aromatic carbocycles. The predicted octanol–water partition coefficient (Wildman–Crippen LogP) is 3.23. The van der Waals surface area contributed by atoms with E-state index in [1.807, 2.05) is 13.8 Å². The molecule has 0 heterocycles. The molecular formula is C14H22Cl2N2O2S. The second kappa shape index (κ2) is 7.79. The first kappa shape index (κ1) is 18.7. The van der Waals surface area contributed by atoms with E-state index in [0.717, 1.165) is 13.1 Å². The van der Waals surface area contributed by atoms with Gasteiger partial charge in [0.05, 0.1) is 5.02 Å². The van der Waals surface area contributed by atoms with Crippen molar-refractivity contribution < 1.29 is 8.42 Å². The van der Waals surface area contributed by atoms with Crippen LogP contribution in [0.5, 0.6) is 0 Å². The summed E-state index contributed by atoms with van der Waals surface area (Å²) in [4.78, 5) is 2.22. The zero-order valence-electron chi connectivity index (χ0n) is 12.8. The molecule has 0 aliphatic carbocycles. The minimum Gasteiger partial charge on any atom is -0.303 e. The van der Waals surface area contributed by atoms with Crippen LogP contribution < -0.4 is 4.72 Å². The molecule has 0 aliphatic rings. The Hall–Kier alpha value is -0.330. The number of aryl methyl sites for hydroxylation is 1. The predicted molar refractivity (Wildman–Crippen MR) is 88.9 cm³/mol. The number of nitrogens with one attached hydrogen (secondary N) is 1. The molecule has 0 spiro atoms. The van der Waals surface area contributed by atoms with Crippen LogP contribution in [-0.2, 0) is 10.0 Å². The highest BCUT2D eigenvalue weighted by atomic mass is 35.5. The molecule has 1 N–H and O–H groups in total. The van der Waals surface area contributed by atoms with E-state index in [0.29, 0.717) is 29.2 Å². The molecule has 0 saturated heterocycles. The van der Waals surface area contributed by atoms with Crippen molar-refractivity contribution in [2.45, 2.75) is 32.6 Å². The Labute approximate surface area is 137 Å². The topological polar surface area (TPSA) is 49.4 Å². The number of benzene rings is 1. The Bertz CT molecular complexity index is 573. The van der Waals surface area contributed by atoms with Crippen LogP contribution in [0.15, 0.2) is 11.0 Å². The van der Waals surface area contributed by atoms with Crippen LogP contribution in [0.25, 0.3) is 0 Å². The van der Waals surface area contributed by atoms with Crippen molar-refractivity contribution >= 4 is 33.2 Å². The van der Waals surface area contributed by atoms with Crippen molar-refractivity contribution in [3.63, 3.8) is 0 Å². The summed E-state index contributed by atoms with van der Waals surface area (Å²) in [5.41, 5.74) is 1.12. The van der Waals surface area contributed by atoms with Crippen molar-refractivity contribution in [2.75, 3.05) is 26.2 Å². The van der Waals surface area contributed by atoms with Gasteiger partial charge >= 0.3 is 0 Å². The van der Waals surface area contributed by atoms with Crippen molar-refractivity contribution in [3.8, 4) is 0 Å². The fraction of sp³-hybridized carbons (Fsp3) is 0.571. The first-order valence-corrected chi connectivity index (χ1v) is 9.15. The number of rotatable bonds is 7. The molecule has 1 aromatic rings. The molecule has 0 amide bonds. The maximum Gasteiger partial charge on any atom is 0.242 e. The fourth-order valence-corrected chi connectivity index (χ4v) is 4.31. The molecule has 7 heteroatoms. The number of hydrogen-bond donors (Lipinski definition) is 1. The van der Waals surface area contributed by atoms with E-state index in [1.54, 1.807) is 19.9 Å². The van der Waals surface area contributed by atoms with Gasteiger partial charge in [0.1, 0.15) is 4.90 Å². The number of sulfonamides is 1. The van der Waals surface area contributed by atoms with E-state index >= 15 is 0 Å². The lowest BCUT2D eigenvalue weighted by atomic mass is 10.2. The summed E-state index contributed by atoms with van der Waals surface area (Å²) in [6.07, 6.45) is 0. The quantitative estimate of drug-likeness (QED) is 0.819. The van der Waals surface area contributed by atoms with Gasteiger partial charge in [-0.3, -0.25) is 0 Å². The Kier molecular flexibility index (Phi) is 6.94. The number of halogens is 2. The van der Waals surface area contributed by atoms with Gasteiger partial charge in [0, 0.05) is 18.1 Å². The molecule has 0 aliphatic heterocycles. The standard InChI is InChI=1S/C14H22Cl2N2O2S/c1-5-18(6-2)8-7-17-21(19,20)14-11(4)12(15)9-10(3)13(14)16/h9,17H,5-8H2,1-4H3. The number of hydrogen-bond acceptors (Lipinski definition) is 3. The lowest BCUT2D eigenvalue weighted by Gasteiger charge is -2.19. The van der Waals surface area contributed by atoms with E-state index in [9.17, 15) is 8.42 Å². The molecule has 0 saturated carbocycles. The summed E-state index contributed by atoms with van der Waals surface area (Å²) < 4.78 is 27.5. The van der Waals surface area contributed by atoms with Gasteiger partial charge in [0.2, 0.25) is 10.0 Å². The van der Waals surface area contributed by atoms with Crippen LogP contribution in [0.3, 0.4) is 0 Å². The molecule has 0 atom stereocenters. The van der Waals surface area contributed by atoms with Crippen LogP contribution in [0.1, 0.15) is 25.0 Å². The summed E-state index contributed by atoms with van der Waals surface area (Å²) in [6.45, 7) is 10.2. The zero-order valence-corrected chi connectivity index (χ0v) is 15.2. The van der Waals surface area contributed by atoms with Gasteiger partial charge < -0.3 is 4.90 Å². The molecule has 4 nitrogen and oxygen atoms in total. The maximum atomic E-state index is 12.5.